The molecule has 0 aliphatic carbocycles. The molecule has 2 aromatic heterocycles. The van der Waals surface area contributed by atoms with Gasteiger partial charge in [0.2, 0.25) is 5.95 Å². The van der Waals surface area contributed by atoms with Gasteiger partial charge in [0.15, 0.2) is 0 Å². The molecule has 0 spiro atoms. The van der Waals surface area contributed by atoms with E-state index in [0.717, 1.165) is 78.9 Å². The Hall–Kier alpha value is -2.18. The first-order chi connectivity index (χ1) is 12.7. The molecule has 5 nitrogen and oxygen atoms in total. The summed E-state index contributed by atoms with van der Waals surface area (Å²) in [4.78, 5) is 6.56. The molecule has 1 N–H and O–H groups in total. The first-order valence-corrected chi connectivity index (χ1v) is 9.23. The van der Waals surface area contributed by atoms with Crippen LogP contribution in [0.2, 0.25) is 0 Å². The lowest BCUT2D eigenvalue weighted by Crippen LogP contribution is -2.43. The largest absolute Gasteiger partial charge is 0.497 e. The minimum atomic E-state index is -0.425. The van der Waals surface area contributed by atoms with Gasteiger partial charge < -0.3 is 19.5 Å². The maximum atomic E-state index is 13.9. The number of aryl methyl sites for hydroxylation is 2. The second-order valence-electron chi connectivity index (χ2n) is 6.91. The Labute approximate surface area is 152 Å². The quantitative estimate of drug-likeness (QED) is 0.714. The number of fused-ring (bicyclic) bond motifs is 3. The first-order valence-electron chi connectivity index (χ1n) is 9.23. The van der Waals surface area contributed by atoms with E-state index in [2.05, 4.69) is 19.8 Å². The molecule has 4 rings (SSSR count). The smallest absolute Gasteiger partial charge is 0.213 e. The molecule has 1 aliphatic heterocycles. The number of hydrogen-bond donors (Lipinski definition) is 1. The van der Waals surface area contributed by atoms with Crippen LogP contribution in [0, 0.1) is 12.9 Å². The molecule has 0 unspecified atom stereocenters. The van der Waals surface area contributed by atoms with Crippen molar-refractivity contribution in [2.75, 3.05) is 39.8 Å². The van der Waals surface area contributed by atoms with E-state index < -0.39 is 5.95 Å². The summed E-state index contributed by atoms with van der Waals surface area (Å²) in [5.41, 5.74) is 2.84. The van der Waals surface area contributed by atoms with Crippen molar-refractivity contribution in [3.63, 3.8) is 0 Å². The van der Waals surface area contributed by atoms with Gasteiger partial charge in [0, 0.05) is 55.6 Å². The number of halogens is 1. The van der Waals surface area contributed by atoms with E-state index in [-0.39, 0.29) is 0 Å². The first kappa shape index (κ1) is 17.2. The molecule has 26 heavy (non-hydrogen) atoms. The summed E-state index contributed by atoms with van der Waals surface area (Å²) in [5.74, 6) is 0.389. The molecule has 1 saturated heterocycles. The third-order valence-corrected chi connectivity index (χ3v) is 5.26. The van der Waals surface area contributed by atoms with E-state index in [1.165, 1.54) is 0 Å². The highest BCUT2D eigenvalue weighted by molar-refractivity contribution is 6.09. The molecule has 0 amide bonds. The van der Waals surface area contributed by atoms with Crippen molar-refractivity contribution >= 4 is 21.8 Å². The number of benzene rings is 1. The van der Waals surface area contributed by atoms with E-state index in [1.807, 2.05) is 25.1 Å². The van der Waals surface area contributed by atoms with Gasteiger partial charge in [-0.2, -0.15) is 4.39 Å². The predicted octanol–water partition coefficient (Wildman–Crippen LogP) is 2.94. The SMILES string of the molecule is COc1ccc2c3cc(F)nc(C)c3n(CCCN3CCNCC3)c2c1. The summed E-state index contributed by atoms with van der Waals surface area (Å²) in [6, 6.07) is 7.53. The summed E-state index contributed by atoms with van der Waals surface area (Å²) < 4.78 is 21.6. The lowest BCUT2D eigenvalue weighted by Gasteiger charge is -2.27. The summed E-state index contributed by atoms with van der Waals surface area (Å²) in [5, 5.41) is 5.36. The number of hydrogen-bond acceptors (Lipinski definition) is 4. The molecule has 6 heteroatoms. The average molecular weight is 356 g/mol. The van der Waals surface area contributed by atoms with Crippen LogP contribution in [0.15, 0.2) is 24.3 Å². The van der Waals surface area contributed by atoms with Crippen molar-refractivity contribution in [2.24, 2.45) is 0 Å². The average Bonchev–Trinajstić information content (AvgIpc) is 2.96. The molecule has 3 aromatic rings. The molecule has 0 atom stereocenters. The Morgan fingerprint density at radius 1 is 1.15 bits per heavy atom. The van der Waals surface area contributed by atoms with Gasteiger partial charge in [-0.25, -0.2) is 4.98 Å². The number of rotatable bonds is 5. The summed E-state index contributed by atoms with van der Waals surface area (Å²) in [6.45, 7) is 8.17. The van der Waals surface area contributed by atoms with Crippen molar-refractivity contribution in [3.05, 3.63) is 35.9 Å². The van der Waals surface area contributed by atoms with Crippen molar-refractivity contribution in [1.29, 1.82) is 0 Å². The van der Waals surface area contributed by atoms with Crippen LogP contribution in [0.5, 0.6) is 5.75 Å². The summed E-state index contributed by atoms with van der Waals surface area (Å²) in [6.07, 6.45) is 1.05. The van der Waals surface area contributed by atoms with Gasteiger partial charge >= 0.3 is 0 Å². The monoisotopic (exact) mass is 356 g/mol. The van der Waals surface area contributed by atoms with E-state index in [9.17, 15) is 4.39 Å². The Morgan fingerprint density at radius 3 is 2.73 bits per heavy atom. The number of pyridine rings is 1. The number of nitrogens with zero attached hydrogens (tertiary/aromatic N) is 3. The second-order valence-corrected chi connectivity index (χ2v) is 6.91. The maximum absolute atomic E-state index is 13.9. The molecule has 138 valence electrons. The van der Waals surface area contributed by atoms with Gasteiger partial charge in [-0.3, -0.25) is 0 Å². The number of ether oxygens (including phenoxy) is 1. The van der Waals surface area contributed by atoms with E-state index >= 15 is 0 Å². The number of piperazine rings is 1. The Balaban J connectivity index is 1.72. The molecule has 1 aliphatic rings. The van der Waals surface area contributed by atoms with Crippen LogP contribution in [0.25, 0.3) is 21.8 Å². The van der Waals surface area contributed by atoms with Crippen LogP contribution >= 0.6 is 0 Å². The third kappa shape index (κ3) is 3.15. The van der Waals surface area contributed by atoms with Crippen molar-refractivity contribution in [3.8, 4) is 5.75 Å². The summed E-state index contributed by atoms with van der Waals surface area (Å²) in [7, 11) is 1.67. The van der Waals surface area contributed by atoms with E-state index in [0.29, 0.717) is 0 Å². The van der Waals surface area contributed by atoms with Crippen LogP contribution in [0.3, 0.4) is 0 Å². The van der Waals surface area contributed by atoms with Crippen LogP contribution in [0.1, 0.15) is 12.1 Å². The minimum Gasteiger partial charge on any atom is -0.497 e. The summed E-state index contributed by atoms with van der Waals surface area (Å²) >= 11 is 0. The molecular formula is C20H25FN4O. The highest BCUT2D eigenvalue weighted by Gasteiger charge is 2.16. The Morgan fingerprint density at radius 2 is 1.96 bits per heavy atom. The van der Waals surface area contributed by atoms with Gasteiger partial charge in [0.1, 0.15) is 5.75 Å². The molecule has 1 fully saturated rings. The molecule has 0 bridgehead atoms. The normalized spacial score (nSPS) is 15.8. The zero-order valence-corrected chi connectivity index (χ0v) is 15.4. The number of aromatic nitrogens is 2. The van der Waals surface area contributed by atoms with Crippen LogP contribution in [0.4, 0.5) is 4.39 Å². The van der Waals surface area contributed by atoms with Crippen LogP contribution in [-0.2, 0) is 6.54 Å². The topological polar surface area (TPSA) is 42.3 Å². The lowest BCUT2D eigenvalue weighted by atomic mass is 10.1. The minimum absolute atomic E-state index is 0.425. The molecule has 0 saturated carbocycles. The molecule has 1 aromatic carbocycles. The van der Waals surface area contributed by atoms with E-state index in [4.69, 9.17) is 4.74 Å². The third-order valence-electron chi connectivity index (χ3n) is 5.26. The van der Waals surface area contributed by atoms with Crippen molar-refractivity contribution < 1.29 is 9.13 Å². The Bertz CT molecular complexity index is 931. The van der Waals surface area contributed by atoms with Crippen molar-refractivity contribution in [2.45, 2.75) is 19.9 Å². The number of methoxy groups -OCH3 is 1. The molecule has 3 heterocycles. The fourth-order valence-corrected chi connectivity index (χ4v) is 4.00. The van der Waals surface area contributed by atoms with Crippen LogP contribution in [-0.4, -0.2) is 54.3 Å². The maximum Gasteiger partial charge on any atom is 0.213 e. The standard InChI is InChI=1S/C20H25FN4O/c1-14-20-17(13-19(21)23-14)16-5-4-15(26-2)12-18(16)25(20)9-3-8-24-10-6-22-7-11-24/h4-5,12-13,22H,3,6-11H2,1-2H3. The Kier molecular flexibility index (Phi) is 4.78. The lowest BCUT2D eigenvalue weighted by molar-refractivity contribution is 0.235. The van der Waals surface area contributed by atoms with Crippen LogP contribution < -0.4 is 10.1 Å². The zero-order chi connectivity index (χ0) is 18.1. The molecular weight excluding hydrogens is 331 g/mol. The molecule has 0 radical (unpaired) electrons. The fraction of sp³-hybridized carbons (Fsp3) is 0.450. The van der Waals surface area contributed by atoms with Gasteiger partial charge in [-0.1, -0.05) is 0 Å². The fourth-order valence-electron chi connectivity index (χ4n) is 4.00. The second kappa shape index (κ2) is 7.21. The number of nitrogens with one attached hydrogen (secondary N) is 1. The van der Waals surface area contributed by atoms with Crippen molar-refractivity contribution in [1.82, 2.24) is 19.8 Å². The zero-order valence-electron chi connectivity index (χ0n) is 15.4. The van der Waals surface area contributed by atoms with Gasteiger partial charge in [0.25, 0.3) is 0 Å². The highest BCUT2D eigenvalue weighted by atomic mass is 19.1. The van der Waals surface area contributed by atoms with Gasteiger partial charge in [0.05, 0.1) is 23.8 Å². The van der Waals surface area contributed by atoms with Gasteiger partial charge in [-0.05, 0) is 32.0 Å². The predicted molar refractivity (Wildman–Crippen MR) is 102 cm³/mol. The highest BCUT2D eigenvalue weighted by Crippen LogP contribution is 2.33. The van der Waals surface area contributed by atoms with Gasteiger partial charge in [-0.15, -0.1) is 0 Å². The van der Waals surface area contributed by atoms with E-state index in [1.54, 1.807) is 13.2 Å².